The van der Waals surface area contributed by atoms with Gasteiger partial charge in [0.05, 0.1) is 24.1 Å². The van der Waals surface area contributed by atoms with Gasteiger partial charge in [0, 0.05) is 16.1 Å². The molecule has 30 heavy (non-hydrogen) atoms. The number of carbonyl (C=O) groups is 3. The highest BCUT2D eigenvalue weighted by atomic mass is 32.2. The molecule has 0 fully saturated rings. The van der Waals surface area contributed by atoms with Gasteiger partial charge in [-0.15, -0.1) is 11.8 Å². The average molecular weight is 420 g/mol. The largest absolute Gasteiger partial charge is 0.465 e. The van der Waals surface area contributed by atoms with Crippen molar-refractivity contribution in [2.24, 2.45) is 0 Å². The molecule has 3 aromatic carbocycles. The number of carbonyl (C=O) groups excluding carboxylic acids is 3. The van der Waals surface area contributed by atoms with Gasteiger partial charge in [0.15, 0.2) is 0 Å². The molecule has 3 aromatic rings. The lowest BCUT2D eigenvalue weighted by atomic mass is 10.1. The lowest BCUT2D eigenvalue weighted by Crippen LogP contribution is -2.17. The molecule has 3 rings (SSSR count). The molecule has 0 aliphatic carbocycles. The van der Waals surface area contributed by atoms with Gasteiger partial charge < -0.3 is 15.4 Å². The van der Waals surface area contributed by atoms with Gasteiger partial charge in [0.2, 0.25) is 5.91 Å². The molecule has 0 heterocycles. The Hall–Kier alpha value is -3.58. The van der Waals surface area contributed by atoms with Crippen LogP contribution in [0.15, 0.2) is 83.8 Å². The van der Waals surface area contributed by atoms with Crippen molar-refractivity contribution in [1.82, 2.24) is 0 Å². The summed E-state index contributed by atoms with van der Waals surface area (Å²) in [4.78, 5) is 37.7. The van der Waals surface area contributed by atoms with Gasteiger partial charge in [0.1, 0.15) is 0 Å². The zero-order chi connectivity index (χ0) is 21.3. The van der Waals surface area contributed by atoms with Crippen LogP contribution in [0.2, 0.25) is 0 Å². The third-order valence-corrected chi connectivity index (χ3v) is 5.11. The molecule has 0 radical (unpaired) electrons. The molecule has 152 valence electrons. The highest BCUT2D eigenvalue weighted by Crippen LogP contribution is 2.20. The van der Waals surface area contributed by atoms with Gasteiger partial charge in [-0.2, -0.15) is 0 Å². The molecule has 0 aliphatic heterocycles. The fourth-order valence-corrected chi connectivity index (χ4v) is 3.39. The summed E-state index contributed by atoms with van der Waals surface area (Å²) in [5, 5.41) is 5.51. The maximum Gasteiger partial charge on any atom is 0.339 e. The number of nitrogens with one attached hydrogen (secondary N) is 2. The molecule has 0 spiro atoms. The Morgan fingerprint density at radius 3 is 2.37 bits per heavy atom. The predicted molar refractivity (Wildman–Crippen MR) is 118 cm³/mol. The molecule has 2 N–H and O–H groups in total. The van der Waals surface area contributed by atoms with Crippen molar-refractivity contribution in [3.63, 3.8) is 0 Å². The van der Waals surface area contributed by atoms with Crippen LogP contribution in [-0.2, 0) is 9.53 Å². The number of rotatable bonds is 7. The van der Waals surface area contributed by atoms with E-state index in [1.807, 2.05) is 30.3 Å². The summed E-state index contributed by atoms with van der Waals surface area (Å²) in [7, 11) is 1.28. The van der Waals surface area contributed by atoms with Crippen LogP contribution in [0.25, 0.3) is 0 Å². The minimum absolute atomic E-state index is 0.169. The summed E-state index contributed by atoms with van der Waals surface area (Å²) in [5.74, 6) is -0.853. The first kappa shape index (κ1) is 21.1. The lowest BCUT2D eigenvalue weighted by molar-refractivity contribution is -0.113. The Kier molecular flexibility index (Phi) is 7.24. The van der Waals surface area contributed by atoms with Gasteiger partial charge in [-0.1, -0.05) is 36.4 Å². The zero-order valence-electron chi connectivity index (χ0n) is 16.3. The SMILES string of the molecule is COC(=O)c1ccccc1NC(=O)c1cccc(NC(=O)CSc2ccccc2)c1. The van der Waals surface area contributed by atoms with E-state index in [2.05, 4.69) is 10.6 Å². The van der Waals surface area contributed by atoms with Crippen molar-refractivity contribution in [1.29, 1.82) is 0 Å². The summed E-state index contributed by atoms with van der Waals surface area (Å²) >= 11 is 1.43. The Morgan fingerprint density at radius 2 is 1.60 bits per heavy atom. The van der Waals surface area contributed by atoms with Gasteiger partial charge in [-0.25, -0.2) is 4.79 Å². The van der Waals surface area contributed by atoms with Gasteiger partial charge in [-0.05, 0) is 42.5 Å². The normalized spacial score (nSPS) is 10.2. The average Bonchev–Trinajstić information content (AvgIpc) is 2.78. The van der Waals surface area contributed by atoms with Gasteiger partial charge >= 0.3 is 5.97 Å². The number of esters is 1. The summed E-state index contributed by atoms with van der Waals surface area (Å²) in [6, 6.07) is 22.8. The maximum absolute atomic E-state index is 12.6. The van der Waals surface area contributed by atoms with E-state index in [1.165, 1.54) is 18.9 Å². The van der Waals surface area contributed by atoms with E-state index in [0.29, 0.717) is 16.9 Å². The molecule has 0 saturated heterocycles. The van der Waals surface area contributed by atoms with Crippen LogP contribution >= 0.6 is 11.8 Å². The van der Waals surface area contributed by atoms with Crippen molar-refractivity contribution in [2.45, 2.75) is 4.90 Å². The van der Waals surface area contributed by atoms with E-state index in [0.717, 1.165) is 4.90 Å². The van der Waals surface area contributed by atoms with Crippen molar-refractivity contribution in [3.05, 3.63) is 90.0 Å². The van der Waals surface area contributed by atoms with E-state index in [4.69, 9.17) is 4.74 Å². The van der Waals surface area contributed by atoms with Crippen LogP contribution in [0.5, 0.6) is 0 Å². The Balaban J connectivity index is 1.64. The highest BCUT2D eigenvalue weighted by molar-refractivity contribution is 8.00. The maximum atomic E-state index is 12.6. The third kappa shape index (κ3) is 5.71. The summed E-state index contributed by atoms with van der Waals surface area (Å²) < 4.78 is 4.74. The first-order valence-electron chi connectivity index (χ1n) is 9.13. The van der Waals surface area contributed by atoms with Crippen LogP contribution < -0.4 is 10.6 Å². The van der Waals surface area contributed by atoms with E-state index in [-0.39, 0.29) is 17.2 Å². The molecular weight excluding hydrogens is 400 g/mol. The van der Waals surface area contributed by atoms with Crippen LogP contribution in [0.3, 0.4) is 0 Å². The second-order valence-electron chi connectivity index (χ2n) is 6.22. The van der Waals surface area contributed by atoms with Crippen molar-refractivity contribution >= 4 is 40.9 Å². The summed E-state index contributed by atoms with van der Waals surface area (Å²) in [6.07, 6.45) is 0. The van der Waals surface area contributed by atoms with Crippen molar-refractivity contribution < 1.29 is 19.1 Å². The number of hydrogen-bond donors (Lipinski definition) is 2. The zero-order valence-corrected chi connectivity index (χ0v) is 17.1. The molecular formula is C23H20N2O4S. The monoisotopic (exact) mass is 420 g/mol. The molecule has 0 aromatic heterocycles. The Bertz CT molecular complexity index is 1050. The third-order valence-electron chi connectivity index (χ3n) is 4.10. The van der Waals surface area contributed by atoms with Gasteiger partial charge in [0.25, 0.3) is 5.91 Å². The standard InChI is InChI=1S/C23H20N2O4S/c1-29-23(28)19-12-5-6-13-20(19)25-22(27)16-8-7-9-17(14-16)24-21(26)15-30-18-10-3-2-4-11-18/h2-14H,15H2,1H3,(H,24,26)(H,25,27). The predicted octanol–water partition coefficient (Wildman–Crippen LogP) is 4.46. The smallest absolute Gasteiger partial charge is 0.339 e. The first-order valence-corrected chi connectivity index (χ1v) is 10.1. The molecule has 6 nitrogen and oxygen atoms in total. The van der Waals surface area contributed by atoms with Crippen LogP contribution in [0, 0.1) is 0 Å². The van der Waals surface area contributed by atoms with Gasteiger partial charge in [-0.3, -0.25) is 9.59 Å². The summed E-state index contributed by atoms with van der Waals surface area (Å²) in [6.45, 7) is 0. The van der Waals surface area contributed by atoms with Crippen molar-refractivity contribution in [2.75, 3.05) is 23.5 Å². The van der Waals surface area contributed by atoms with Crippen LogP contribution in [0.1, 0.15) is 20.7 Å². The molecule has 7 heteroatoms. The Labute approximate surface area is 178 Å². The number of thioether (sulfide) groups is 1. The van der Waals surface area contributed by atoms with E-state index < -0.39 is 11.9 Å². The van der Waals surface area contributed by atoms with E-state index >= 15 is 0 Å². The Morgan fingerprint density at radius 1 is 0.867 bits per heavy atom. The molecule has 0 unspecified atom stereocenters. The molecule has 0 atom stereocenters. The molecule has 2 amide bonds. The second kappa shape index (κ2) is 10.3. The number of anilines is 2. The minimum atomic E-state index is -0.539. The highest BCUT2D eigenvalue weighted by Gasteiger charge is 2.15. The number of hydrogen-bond acceptors (Lipinski definition) is 5. The first-order chi connectivity index (χ1) is 14.6. The fourth-order valence-electron chi connectivity index (χ4n) is 2.68. The fraction of sp³-hybridized carbons (Fsp3) is 0.0870. The molecule has 0 saturated carbocycles. The summed E-state index contributed by atoms with van der Waals surface area (Å²) in [5.41, 5.74) is 1.48. The second-order valence-corrected chi connectivity index (χ2v) is 7.27. The number of benzene rings is 3. The van der Waals surface area contributed by atoms with Crippen molar-refractivity contribution in [3.8, 4) is 0 Å². The number of methoxy groups -OCH3 is 1. The number of para-hydroxylation sites is 1. The minimum Gasteiger partial charge on any atom is -0.465 e. The van der Waals surface area contributed by atoms with Crippen LogP contribution in [-0.4, -0.2) is 30.6 Å². The number of ether oxygens (including phenoxy) is 1. The molecule has 0 aliphatic rings. The molecule has 0 bridgehead atoms. The van der Waals surface area contributed by atoms with E-state index in [1.54, 1.807) is 48.5 Å². The number of amides is 2. The topological polar surface area (TPSA) is 84.5 Å². The van der Waals surface area contributed by atoms with E-state index in [9.17, 15) is 14.4 Å². The van der Waals surface area contributed by atoms with Crippen LogP contribution in [0.4, 0.5) is 11.4 Å². The lowest BCUT2D eigenvalue weighted by Gasteiger charge is -2.11. The quantitative estimate of drug-likeness (QED) is 0.436.